The molecule has 3 N–H and O–H groups in total. The maximum absolute atomic E-state index is 5.85. The van der Waals surface area contributed by atoms with Crippen molar-refractivity contribution in [3.63, 3.8) is 0 Å². The van der Waals surface area contributed by atoms with Gasteiger partial charge in [-0.15, -0.1) is 0 Å². The van der Waals surface area contributed by atoms with Crippen molar-refractivity contribution < 1.29 is 0 Å². The Bertz CT molecular complexity index is 207. The minimum Gasteiger partial charge on any atom is -0.328 e. The zero-order valence-corrected chi connectivity index (χ0v) is 13.1. The van der Waals surface area contributed by atoms with Gasteiger partial charge in [0.05, 0.1) is 0 Å². The number of hydrogen-bond acceptors (Lipinski definition) is 2. The van der Waals surface area contributed by atoms with Gasteiger partial charge in [-0.1, -0.05) is 51.5 Å². The number of rotatable bonds is 9. The fraction of sp³-hybridized carbons (Fsp3) is 0.750. The lowest BCUT2D eigenvalue weighted by Crippen LogP contribution is -2.26. The van der Waals surface area contributed by atoms with Crippen LogP contribution in [0.5, 0.6) is 0 Å². The molecule has 0 aliphatic carbocycles. The normalized spacial score (nSPS) is 13.3. The van der Waals surface area contributed by atoms with Gasteiger partial charge in [-0.05, 0) is 45.7 Å². The highest BCUT2D eigenvalue weighted by Gasteiger charge is 1.98. The van der Waals surface area contributed by atoms with Gasteiger partial charge in [0.25, 0.3) is 0 Å². The lowest BCUT2D eigenvalue weighted by atomic mass is 10.1. The maximum atomic E-state index is 5.85. The summed E-state index contributed by atoms with van der Waals surface area (Å²) in [5, 5.41) is 3.45. The molecule has 0 rings (SSSR count). The van der Waals surface area contributed by atoms with Crippen LogP contribution in [-0.2, 0) is 0 Å². The molecule has 0 saturated carbocycles. The largest absolute Gasteiger partial charge is 0.328 e. The summed E-state index contributed by atoms with van der Waals surface area (Å²) in [6.07, 6.45) is 10.8. The van der Waals surface area contributed by atoms with Crippen LogP contribution in [-0.4, -0.2) is 19.1 Å². The van der Waals surface area contributed by atoms with Gasteiger partial charge >= 0.3 is 0 Å². The van der Waals surface area contributed by atoms with E-state index in [1.54, 1.807) is 0 Å². The van der Waals surface area contributed by atoms with Crippen LogP contribution >= 0.6 is 0 Å². The third kappa shape index (κ3) is 13.5. The van der Waals surface area contributed by atoms with Crippen molar-refractivity contribution >= 4 is 0 Å². The van der Waals surface area contributed by atoms with Crippen molar-refractivity contribution in [3.8, 4) is 0 Å². The molecule has 0 spiro atoms. The molecule has 0 aliphatic rings. The molecule has 0 amide bonds. The number of allylic oxidation sites excluding steroid dienone is 3. The van der Waals surface area contributed by atoms with E-state index in [9.17, 15) is 0 Å². The van der Waals surface area contributed by atoms with Gasteiger partial charge < -0.3 is 11.1 Å². The average Bonchev–Trinajstić information content (AvgIpc) is 2.43. The molecule has 108 valence electrons. The van der Waals surface area contributed by atoms with Gasteiger partial charge in [-0.3, -0.25) is 0 Å². The lowest BCUT2D eigenvalue weighted by molar-refractivity contribution is 0.549. The molecular weight excluding hydrogens is 220 g/mol. The fourth-order valence-electron chi connectivity index (χ4n) is 1.48. The Labute approximate surface area is 115 Å². The van der Waals surface area contributed by atoms with Crippen molar-refractivity contribution in [1.29, 1.82) is 0 Å². The van der Waals surface area contributed by atoms with Gasteiger partial charge in [0.2, 0.25) is 0 Å². The summed E-state index contributed by atoms with van der Waals surface area (Å²) in [4.78, 5) is 0. The van der Waals surface area contributed by atoms with Crippen LogP contribution in [0.1, 0.15) is 60.3 Å². The Kier molecular flexibility index (Phi) is 18.0. The Morgan fingerprint density at radius 1 is 1.22 bits per heavy atom. The molecule has 0 aromatic rings. The molecule has 0 aromatic carbocycles. The third-order valence-corrected chi connectivity index (χ3v) is 2.82. The monoisotopic (exact) mass is 254 g/mol. The van der Waals surface area contributed by atoms with Crippen molar-refractivity contribution in [2.24, 2.45) is 5.73 Å². The van der Waals surface area contributed by atoms with E-state index in [0.29, 0.717) is 6.04 Å². The van der Waals surface area contributed by atoms with Crippen LogP contribution in [0, 0.1) is 0 Å². The zero-order valence-electron chi connectivity index (χ0n) is 13.1. The summed E-state index contributed by atoms with van der Waals surface area (Å²) in [5.74, 6) is 0. The summed E-state index contributed by atoms with van der Waals surface area (Å²) in [7, 11) is 0. The molecule has 0 fully saturated rings. The first-order chi connectivity index (χ1) is 8.74. The second kappa shape index (κ2) is 16.4. The van der Waals surface area contributed by atoms with Crippen LogP contribution < -0.4 is 11.1 Å². The first-order valence-electron chi connectivity index (χ1n) is 7.51. The molecule has 18 heavy (non-hydrogen) atoms. The quantitative estimate of drug-likeness (QED) is 0.481. The molecule has 0 radical (unpaired) electrons. The first kappa shape index (κ1) is 19.7. The second-order valence-corrected chi connectivity index (χ2v) is 4.16. The highest BCUT2D eigenvalue weighted by Crippen LogP contribution is 2.05. The lowest BCUT2D eigenvalue weighted by Gasteiger charge is -2.10. The van der Waals surface area contributed by atoms with E-state index in [0.717, 1.165) is 38.8 Å². The van der Waals surface area contributed by atoms with Crippen LogP contribution in [0.15, 0.2) is 23.8 Å². The van der Waals surface area contributed by atoms with Gasteiger partial charge in [0, 0.05) is 6.04 Å². The fourth-order valence-corrected chi connectivity index (χ4v) is 1.48. The van der Waals surface area contributed by atoms with E-state index in [1.165, 1.54) is 5.57 Å². The van der Waals surface area contributed by atoms with E-state index < -0.39 is 0 Å². The smallest absolute Gasteiger partial charge is 0.00482 e. The molecule has 0 aliphatic heterocycles. The third-order valence-electron chi connectivity index (χ3n) is 2.82. The molecular formula is C16H34N2. The predicted molar refractivity (Wildman–Crippen MR) is 84.9 cm³/mol. The summed E-state index contributed by atoms with van der Waals surface area (Å²) in [5.41, 5.74) is 7.35. The van der Waals surface area contributed by atoms with E-state index in [4.69, 9.17) is 5.73 Å². The van der Waals surface area contributed by atoms with Crippen LogP contribution in [0.2, 0.25) is 0 Å². The number of nitrogens with one attached hydrogen (secondary N) is 1. The Morgan fingerprint density at radius 2 is 1.89 bits per heavy atom. The number of hydrogen-bond donors (Lipinski definition) is 2. The minimum atomic E-state index is 0.358. The SMILES string of the molecule is C/C=C\C=C(/CC)CCNCCC(N)CC.CC. The summed E-state index contributed by atoms with van der Waals surface area (Å²) in [6, 6.07) is 0.358. The van der Waals surface area contributed by atoms with Crippen molar-refractivity contribution in [1.82, 2.24) is 5.32 Å². The van der Waals surface area contributed by atoms with Gasteiger partial charge in [0.1, 0.15) is 0 Å². The molecule has 0 heterocycles. The molecule has 1 unspecified atom stereocenters. The summed E-state index contributed by atoms with van der Waals surface area (Å²) >= 11 is 0. The highest BCUT2D eigenvalue weighted by atomic mass is 14.9. The van der Waals surface area contributed by atoms with Crippen molar-refractivity contribution in [2.75, 3.05) is 13.1 Å². The minimum absolute atomic E-state index is 0.358. The molecule has 2 heteroatoms. The van der Waals surface area contributed by atoms with Crippen LogP contribution in [0.4, 0.5) is 0 Å². The average molecular weight is 254 g/mol. The number of nitrogens with two attached hydrogens (primary N) is 1. The Hall–Kier alpha value is -0.600. The Morgan fingerprint density at radius 3 is 2.39 bits per heavy atom. The zero-order chi connectivity index (χ0) is 14.2. The van der Waals surface area contributed by atoms with Crippen molar-refractivity contribution in [2.45, 2.75) is 66.3 Å². The summed E-state index contributed by atoms with van der Waals surface area (Å²) < 4.78 is 0. The van der Waals surface area contributed by atoms with Crippen LogP contribution in [0.25, 0.3) is 0 Å². The molecule has 0 saturated heterocycles. The second-order valence-electron chi connectivity index (χ2n) is 4.16. The molecule has 0 bridgehead atoms. The molecule has 0 aromatic heterocycles. The van der Waals surface area contributed by atoms with Gasteiger partial charge in [0.15, 0.2) is 0 Å². The topological polar surface area (TPSA) is 38.0 Å². The van der Waals surface area contributed by atoms with Gasteiger partial charge in [-0.2, -0.15) is 0 Å². The molecule has 1 atom stereocenters. The summed E-state index contributed by atoms with van der Waals surface area (Å²) in [6.45, 7) is 12.5. The highest BCUT2D eigenvalue weighted by molar-refractivity contribution is 5.11. The van der Waals surface area contributed by atoms with Crippen molar-refractivity contribution in [3.05, 3.63) is 23.8 Å². The van der Waals surface area contributed by atoms with E-state index in [-0.39, 0.29) is 0 Å². The van der Waals surface area contributed by atoms with E-state index in [2.05, 4.69) is 37.4 Å². The standard InChI is InChI=1S/C14H28N2.C2H6/c1-4-7-8-13(5-2)9-11-16-12-10-14(15)6-3;1-2/h4,7-8,14,16H,5-6,9-12,15H2,1-3H3;1-2H3/b7-4-,13-8+;. The predicted octanol–water partition coefficient (Wildman–Crippen LogP) is 4.03. The van der Waals surface area contributed by atoms with Gasteiger partial charge in [-0.25, -0.2) is 0 Å². The van der Waals surface area contributed by atoms with E-state index in [1.807, 2.05) is 20.8 Å². The first-order valence-corrected chi connectivity index (χ1v) is 7.51. The maximum Gasteiger partial charge on any atom is 0.00482 e. The van der Waals surface area contributed by atoms with E-state index >= 15 is 0 Å². The molecule has 2 nitrogen and oxygen atoms in total. The Balaban J connectivity index is 0. The van der Waals surface area contributed by atoms with Crippen LogP contribution in [0.3, 0.4) is 0 Å².